The second-order valence-corrected chi connectivity index (χ2v) is 7.26. The number of amides is 2. The maximum atomic E-state index is 12.7. The van der Waals surface area contributed by atoms with E-state index in [2.05, 4.69) is 15.3 Å². The Morgan fingerprint density at radius 2 is 2.20 bits per heavy atom. The molecule has 0 fully saturated rings. The number of aromatic amines is 1. The predicted molar refractivity (Wildman–Crippen MR) is 97.5 cm³/mol. The molecule has 3 heterocycles. The summed E-state index contributed by atoms with van der Waals surface area (Å²) in [4.78, 5) is 34.5. The number of fused-ring (bicyclic) bond motifs is 2. The third-order valence-corrected chi connectivity index (χ3v) is 5.38. The van der Waals surface area contributed by atoms with Crippen LogP contribution < -0.4 is 5.32 Å². The molecule has 0 unspecified atom stereocenters. The zero-order chi connectivity index (χ0) is 17.4. The van der Waals surface area contributed by atoms with Gasteiger partial charge in [-0.15, -0.1) is 0 Å². The zero-order valence-corrected chi connectivity index (χ0v) is 14.7. The fourth-order valence-corrected chi connectivity index (χ4v) is 4.23. The molecular formula is C18H18N4O2S. The molecule has 7 heteroatoms. The molecule has 1 aromatic carbocycles. The number of anilines is 1. The maximum Gasteiger partial charge on any atom is 0.227 e. The van der Waals surface area contributed by atoms with Gasteiger partial charge in [-0.3, -0.25) is 9.59 Å². The Morgan fingerprint density at radius 3 is 3.04 bits per heavy atom. The molecule has 4 rings (SSSR count). The lowest BCUT2D eigenvalue weighted by molar-refractivity contribution is -0.131. The molecule has 0 atom stereocenters. The van der Waals surface area contributed by atoms with Crippen molar-refractivity contribution in [1.82, 2.24) is 14.9 Å². The molecule has 2 amide bonds. The Labute approximate surface area is 148 Å². The molecule has 0 spiro atoms. The quantitative estimate of drug-likeness (QED) is 0.759. The molecule has 128 valence electrons. The van der Waals surface area contributed by atoms with Gasteiger partial charge in [-0.25, -0.2) is 4.98 Å². The number of thiazole rings is 1. The van der Waals surface area contributed by atoms with E-state index in [0.29, 0.717) is 24.6 Å². The molecule has 0 bridgehead atoms. The van der Waals surface area contributed by atoms with Gasteiger partial charge in [0.05, 0.1) is 18.7 Å². The van der Waals surface area contributed by atoms with Gasteiger partial charge in [-0.2, -0.15) is 0 Å². The Kier molecular flexibility index (Phi) is 4.01. The van der Waals surface area contributed by atoms with Crippen LogP contribution in [0.4, 0.5) is 5.13 Å². The largest absolute Gasteiger partial charge is 0.361 e. The van der Waals surface area contributed by atoms with Crippen molar-refractivity contribution in [2.24, 2.45) is 0 Å². The van der Waals surface area contributed by atoms with Crippen LogP contribution in [0.5, 0.6) is 0 Å². The number of benzene rings is 1. The molecule has 0 radical (unpaired) electrons. The Balaban J connectivity index is 1.48. The highest BCUT2D eigenvalue weighted by atomic mass is 32.1. The number of hydrogen-bond acceptors (Lipinski definition) is 4. The van der Waals surface area contributed by atoms with Crippen LogP contribution in [0.2, 0.25) is 0 Å². The Hall–Kier alpha value is -2.67. The highest BCUT2D eigenvalue weighted by Gasteiger charge is 2.24. The number of nitrogens with one attached hydrogen (secondary N) is 2. The summed E-state index contributed by atoms with van der Waals surface area (Å²) in [6, 6.07) is 8.01. The van der Waals surface area contributed by atoms with Crippen LogP contribution in [0.15, 0.2) is 30.5 Å². The summed E-state index contributed by atoms with van der Waals surface area (Å²) in [5.74, 6) is -0.0109. The van der Waals surface area contributed by atoms with E-state index in [0.717, 1.165) is 33.5 Å². The van der Waals surface area contributed by atoms with Gasteiger partial charge in [0.1, 0.15) is 0 Å². The second kappa shape index (κ2) is 6.33. The molecule has 1 aliphatic rings. The van der Waals surface area contributed by atoms with E-state index < -0.39 is 0 Å². The smallest absolute Gasteiger partial charge is 0.227 e. The minimum absolute atomic E-state index is 0.116. The summed E-state index contributed by atoms with van der Waals surface area (Å²) in [5, 5.41) is 4.43. The van der Waals surface area contributed by atoms with Crippen molar-refractivity contribution in [1.29, 1.82) is 0 Å². The summed E-state index contributed by atoms with van der Waals surface area (Å²) in [7, 11) is 0. The highest BCUT2D eigenvalue weighted by Crippen LogP contribution is 2.29. The van der Waals surface area contributed by atoms with Gasteiger partial charge >= 0.3 is 0 Å². The van der Waals surface area contributed by atoms with Gasteiger partial charge in [0.25, 0.3) is 0 Å². The van der Waals surface area contributed by atoms with E-state index in [-0.39, 0.29) is 11.8 Å². The van der Waals surface area contributed by atoms with Crippen LogP contribution in [-0.4, -0.2) is 33.2 Å². The summed E-state index contributed by atoms with van der Waals surface area (Å²) >= 11 is 1.45. The van der Waals surface area contributed by atoms with Gasteiger partial charge in [-0.1, -0.05) is 29.5 Å². The van der Waals surface area contributed by atoms with Gasteiger partial charge in [0, 0.05) is 41.9 Å². The molecule has 0 saturated heterocycles. The van der Waals surface area contributed by atoms with Crippen LogP contribution in [0, 0.1) is 0 Å². The summed E-state index contributed by atoms with van der Waals surface area (Å²) < 4.78 is 0. The topological polar surface area (TPSA) is 78.1 Å². The van der Waals surface area contributed by atoms with Crippen molar-refractivity contribution in [3.8, 4) is 0 Å². The number of aromatic nitrogens is 2. The SMILES string of the molecule is CC(=O)Nc1nc2c(s1)CN(C(=O)Cc1c[nH]c3ccccc13)CC2. The van der Waals surface area contributed by atoms with Crippen LogP contribution in [-0.2, 0) is 29.0 Å². The average Bonchev–Trinajstić information content (AvgIpc) is 3.17. The van der Waals surface area contributed by atoms with Crippen molar-refractivity contribution < 1.29 is 9.59 Å². The van der Waals surface area contributed by atoms with Crippen LogP contribution in [0.25, 0.3) is 10.9 Å². The van der Waals surface area contributed by atoms with Crippen molar-refractivity contribution in [2.75, 3.05) is 11.9 Å². The van der Waals surface area contributed by atoms with Crippen LogP contribution in [0.3, 0.4) is 0 Å². The highest BCUT2D eigenvalue weighted by molar-refractivity contribution is 7.15. The standard InChI is InChI=1S/C18H18N4O2S/c1-11(23)20-18-21-15-6-7-22(10-16(15)25-18)17(24)8-12-9-19-14-5-3-2-4-13(12)14/h2-5,9,19H,6-8,10H2,1H3,(H,20,21,23). The summed E-state index contributed by atoms with van der Waals surface area (Å²) in [6.45, 7) is 2.70. The molecule has 0 aliphatic carbocycles. The molecule has 2 aromatic heterocycles. The lowest BCUT2D eigenvalue weighted by Gasteiger charge is -2.26. The van der Waals surface area contributed by atoms with Crippen LogP contribution >= 0.6 is 11.3 Å². The maximum absolute atomic E-state index is 12.7. The Bertz CT molecular complexity index is 959. The van der Waals surface area contributed by atoms with Gasteiger partial charge in [0.15, 0.2) is 5.13 Å². The number of para-hydroxylation sites is 1. The van der Waals surface area contributed by atoms with Gasteiger partial charge in [-0.05, 0) is 11.6 Å². The van der Waals surface area contributed by atoms with E-state index in [4.69, 9.17) is 0 Å². The first-order valence-corrected chi connectivity index (χ1v) is 9.01. The normalized spacial score (nSPS) is 13.7. The molecule has 1 aliphatic heterocycles. The molecule has 6 nitrogen and oxygen atoms in total. The van der Waals surface area contributed by atoms with Crippen molar-refractivity contribution >= 4 is 39.2 Å². The predicted octanol–water partition coefficient (Wildman–Crippen LogP) is 2.71. The number of carbonyl (C=O) groups is 2. The third-order valence-electron chi connectivity index (χ3n) is 4.38. The first kappa shape index (κ1) is 15.8. The molecule has 2 N–H and O–H groups in total. The minimum atomic E-state index is -0.127. The van der Waals surface area contributed by atoms with E-state index in [9.17, 15) is 9.59 Å². The third kappa shape index (κ3) is 3.15. The second-order valence-electron chi connectivity index (χ2n) is 6.17. The first-order chi connectivity index (χ1) is 12.1. The minimum Gasteiger partial charge on any atom is -0.361 e. The van der Waals surface area contributed by atoms with Crippen molar-refractivity contribution in [3.05, 3.63) is 46.6 Å². The number of rotatable bonds is 3. The van der Waals surface area contributed by atoms with Crippen molar-refractivity contribution in [2.45, 2.75) is 26.3 Å². The van der Waals surface area contributed by atoms with Gasteiger partial charge in [0.2, 0.25) is 11.8 Å². The molecule has 25 heavy (non-hydrogen) atoms. The zero-order valence-electron chi connectivity index (χ0n) is 13.8. The molecular weight excluding hydrogens is 336 g/mol. The lowest BCUT2D eigenvalue weighted by Crippen LogP contribution is -2.36. The van der Waals surface area contributed by atoms with Crippen LogP contribution in [0.1, 0.15) is 23.1 Å². The molecule has 3 aromatic rings. The van der Waals surface area contributed by atoms with Gasteiger partial charge < -0.3 is 15.2 Å². The molecule has 0 saturated carbocycles. The summed E-state index contributed by atoms with van der Waals surface area (Å²) in [6.07, 6.45) is 3.03. The number of hydrogen-bond donors (Lipinski definition) is 2. The number of carbonyl (C=O) groups excluding carboxylic acids is 2. The van der Waals surface area contributed by atoms with Crippen molar-refractivity contribution in [3.63, 3.8) is 0 Å². The number of H-pyrrole nitrogens is 1. The Morgan fingerprint density at radius 1 is 1.36 bits per heavy atom. The van der Waals surface area contributed by atoms with E-state index in [1.54, 1.807) is 0 Å². The first-order valence-electron chi connectivity index (χ1n) is 8.19. The average molecular weight is 354 g/mol. The van der Waals surface area contributed by atoms with E-state index in [1.807, 2.05) is 35.4 Å². The fraction of sp³-hybridized carbons (Fsp3) is 0.278. The monoisotopic (exact) mass is 354 g/mol. The lowest BCUT2D eigenvalue weighted by atomic mass is 10.1. The fourth-order valence-electron chi connectivity index (χ4n) is 3.16. The summed E-state index contributed by atoms with van der Waals surface area (Å²) in [5.41, 5.74) is 3.06. The number of nitrogens with zero attached hydrogens (tertiary/aromatic N) is 2. The van der Waals surface area contributed by atoms with E-state index >= 15 is 0 Å². The van der Waals surface area contributed by atoms with E-state index in [1.165, 1.54) is 18.3 Å².